The minimum Gasteiger partial charge on any atom is -0.372 e. The van der Waals surface area contributed by atoms with Crippen LogP contribution in [0.2, 0.25) is 0 Å². The van der Waals surface area contributed by atoms with Crippen molar-refractivity contribution in [1.29, 1.82) is 5.26 Å². The Balaban J connectivity index is 1.99. The number of carbonyl (C=O) groups excluding carboxylic acids is 1. The highest BCUT2D eigenvalue weighted by Gasteiger charge is 2.07. The zero-order chi connectivity index (χ0) is 14.4. The summed E-state index contributed by atoms with van der Waals surface area (Å²) >= 11 is 0. The highest BCUT2D eigenvalue weighted by Crippen LogP contribution is 2.04. The van der Waals surface area contributed by atoms with Gasteiger partial charge < -0.3 is 10.6 Å². The third kappa shape index (κ3) is 3.29. The zero-order valence-corrected chi connectivity index (χ0v) is 10.9. The van der Waals surface area contributed by atoms with E-state index in [-0.39, 0.29) is 11.6 Å². The number of amides is 1. The molecular weight excluding hydrogens is 254 g/mol. The fraction of sp³-hybridized carbons (Fsp3) is 0.143. The zero-order valence-electron chi connectivity index (χ0n) is 10.9. The molecule has 1 aromatic carbocycles. The molecule has 0 saturated carbocycles. The molecule has 0 unspecified atom stereocenters. The highest BCUT2D eigenvalue weighted by molar-refractivity contribution is 5.91. The molecule has 1 heterocycles. The Bertz CT molecular complexity index is 645. The van der Waals surface area contributed by atoms with E-state index in [2.05, 4.69) is 26.7 Å². The van der Waals surface area contributed by atoms with E-state index in [4.69, 9.17) is 5.26 Å². The molecule has 0 radical (unpaired) electrons. The molecule has 6 heteroatoms. The number of nitrogens with zero attached hydrogens (tertiary/aromatic N) is 3. The van der Waals surface area contributed by atoms with E-state index >= 15 is 0 Å². The monoisotopic (exact) mass is 267 g/mol. The van der Waals surface area contributed by atoms with Crippen LogP contribution in [-0.2, 0) is 6.54 Å². The standard InChI is InChI=1S/C14H13N5O/c1-16-13-9-17-12(8-18-13)14(20)19-7-11-4-2-3-10(5-11)6-15/h2-5,8-9H,7H2,1H3,(H,16,18)(H,19,20). The lowest BCUT2D eigenvalue weighted by molar-refractivity contribution is 0.0945. The molecule has 0 spiro atoms. The number of anilines is 1. The molecule has 0 aliphatic heterocycles. The second-order valence-corrected chi connectivity index (χ2v) is 4.03. The topological polar surface area (TPSA) is 90.7 Å². The quantitative estimate of drug-likeness (QED) is 0.871. The smallest absolute Gasteiger partial charge is 0.271 e. The van der Waals surface area contributed by atoms with Crippen LogP contribution in [0.1, 0.15) is 21.6 Å². The predicted molar refractivity (Wildman–Crippen MR) is 73.9 cm³/mol. The van der Waals surface area contributed by atoms with E-state index in [0.717, 1.165) is 5.56 Å². The lowest BCUT2D eigenvalue weighted by Gasteiger charge is -2.05. The summed E-state index contributed by atoms with van der Waals surface area (Å²) in [6, 6.07) is 9.13. The molecule has 0 bridgehead atoms. The van der Waals surface area contributed by atoms with Gasteiger partial charge in [-0.1, -0.05) is 12.1 Å². The number of carbonyl (C=O) groups is 1. The summed E-state index contributed by atoms with van der Waals surface area (Å²) in [6.45, 7) is 0.337. The van der Waals surface area contributed by atoms with Crippen molar-refractivity contribution >= 4 is 11.7 Å². The summed E-state index contributed by atoms with van der Waals surface area (Å²) in [7, 11) is 1.73. The van der Waals surface area contributed by atoms with Gasteiger partial charge in [0.15, 0.2) is 0 Å². The molecule has 0 aliphatic carbocycles. The molecule has 0 atom stereocenters. The molecule has 1 amide bonds. The van der Waals surface area contributed by atoms with Gasteiger partial charge in [0, 0.05) is 13.6 Å². The maximum atomic E-state index is 11.9. The Morgan fingerprint density at radius 3 is 2.85 bits per heavy atom. The van der Waals surface area contributed by atoms with Crippen molar-refractivity contribution in [3.05, 3.63) is 53.5 Å². The minimum absolute atomic E-state index is 0.250. The van der Waals surface area contributed by atoms with Crippen LogP contribution >= 0.6 is 0 Å². The lowest BCUT2D eigenvalue weighted by Crippen LogP contribution is -2.24. The van der Waals surface area contributed by atoms with E-state index < -0.39 is 0 Å². The maximum absolute atomic E-state index is 11.9. The largest absolute Gasteiger partial charge is 0.372 e. The first-order valence-electron chi connectivity index (χ1n) is 6.00. The van der Waals surface area contributed by atoms with E-state index in [1.165, 1.54) is 12.4 Å². The number of benzene rings is 1. The third-order valence-electron chi connectivity index (χ3n) is 2.65. The van der Waals surface area contributed by atoms with Gasteiger partial charge in [-0.3, -0.25) is 4.79 Å². The summed E-state index contributed by atoms with van der Waals surface area (Å²) < 4.78 is 0. The van der Waals surface area contributed by atoms with Crippen molar-refractivity contribution < 1.29 is 4.79 Å². The SMILES string of the molecule is CNc1cnc(C(=O)NCc2cccc(C#N)c2)cn1. The van der Waals surface area contributed by atoms with Crippen LogP contribution in [0.4, 0.5) is 5.82 Å². The summed E-state index contributed by atoms with van der Waals surface area (Å²) in [6.07, 6.45) is 2.90. The fourth-order valence-electron chi connectivity index (χ4n) is 1.60. The molecule has 0 saturated heterocycles. The number of hydrogen-bond donors (Lipinski definition) is 2. The van der Waals surface area contributed by atoms with Crippen molar-refractivity contribution in [1.82, 2.24) is 15.3 Å². The normalized spacial score (nSPS) is 9.60. The third-order valence-corrected chi connectivity index (χ3v) is 2.65. The van der Waals surface area contributed by atoms with Crippen LogP contribution in [0.25, 0.3) is 0 Å². The van der Waals surface area contributed by atoms with Gasteiger partial charge in [0.2, 0.25) is 0 Å². The first-order valence-corrected chi connectivity index (χ1v) is 6.00. The number of nitrogens with one attached hydrogen (secondary N) is 2. The molecule has 2 N–H and O–H groups in total. The Morgan fingerprint density at radius 1 is 1.35 bits per heavy atom. The minimum atomic E-state index is -0.303. The van der Waals surface area contributed by atoms with Crippen LogP contribution in [-0.4, -0.2) is 22.9 Å². The Hall–Kier alpha value is -2.94. The highest BCUT2D eigenvalue weighted by atomic mass is 16.1. The van der Waals surface area contributed by atoms with Crippen molar-refractivity contribution in [2.45, 2.75) is 6.54 Å². The van der Waals surface area contributed by atoms with Gasteiger partial charge in [-0.2, -0.15) is 5.26 Å². The maximum Gasteiger partial charge on any atom is 0.271 e. The lowest BCUT2D eigenvalue weighted by atomic mass is 10.1. The number of rotatable bonds is 4. The molecule has 0 fully saturated rings. The second-order valence-electron chi connectivity index (χ2n) is 4.03. The Labute approximate surface area is 116 Å². The van der Waals surface area contributed by atoms with Crippen molar-refractivity contribution in [3.63, 3.8) is 0 Å². The van der Waals surface area contributed by atoms with Crippen LogP contribution < -0.4 is 10.6 Å². The van der Waals surface area contributed by atoms with Crippen molar-refractivity contribution in [3.8, 4) is 6.07 Å². The van der Waals surface area contributed by atoms with Gasteiger partial charge in [0.05, 0.1) is 24.0 Å². The first kappa shape index (κ1) is 13.5. The Kier molecular flexibility index (Phi) is 4.24. The van der Waals surface area contributed by atoms with Gasteiger partial charge in [0.1, 0.15) is 11.5 Å². The fourth-order valence-corrected chi connectivity index (χ4v) is 1.60. The molecule has 6 nitrogen and oxygen atoms in total. The molecule has 20 heavy (non-hydrogen) atoms. The molecule has 100 valence electrons. The van der Waals surface area contributed by atoms with Crippen LogP contribution in [0.5, 0.6) is 0 Å². The number of aromatic nitrogens is 2. The molecule has 2 aromatic rings. The van der Waals surface area contributed by atoms with Gasteiger partial charge in [0.25, 0.3) is 5.91 Å². The summed E-state index contributed by atoms with van der Waals surface area (Å²) in [4.78, 5) is 19.9. The molecule has 2 rings (SSSR count). The molecule has 1 aromatic heterocycles. The Morgan fingerprint density at radius 2 is 2.20 bits per heavy atom. The van der Waals surface area contributed by atoms with Crippen LogP contribution in [0, 0.1) is 11.3 Å². The average molecular weight is 267 g/mol. The van der Waals surface area contributed by atoms with Gasteiger partial charge in [-0.05, 0) is 17.7 Å². The second kappa shape index (κ2) is 6.29. The first-order chi connectivity index (χ1) is 9.72. The van der Waals surface area contributed by atoms with E-state index in [1.54, 1.807) is 25.2 Å². The van der Waals surface area contributed by atoms with Crippen molar-refractivity contribution in [2.75, 3.05) is 12.4 Å². The van der Waals surface area contributed by atoms with Crippen LogP contribution in [0.3, 0.4) is 0 Å². The average Bonchev–Trinajstić information content (AvgIpc) is 2.53. The van der Waals surface area contributed by atoms with Gasteiger partial charge >= 0.3 is 0 Å². The number of nitriles is 1. The van der Waals surface area contributed by atoms with Crippen molar-refractivity contribution in [2.24, 2.45) is 0 Å². The van der Waals surface area contributed by atoms with Crippen LogP contribution in [0.15, 0.2) is 36.7 Å². The van der Waals surface area contributed by atoms with E-state index in [1.807, 2.05) is 6.07 Å². The summed E-state index contributed by atoms with van der Waals surface area (Å²) in [5.74, 6) is 0.297. The molecular formula is C14H13N5O. The molecule has 0 aliphatic rings. The van der Waals surface area contributed by atoms with Gasteiger partial charge in [-0.15, -0.1) is 0 Å². The van der Waals surface area contributed by atoms with Gasteiger partial charge in [-0.25, -0.2) is 9.97 Å². The van der Waals surface area contributed by atoms with E-state index in [0.29, 0.717) is 17.9 Å². The summed E-state index contributed by atoms with van der Waals surface area (Å²) in [5.41, 5.74) is 1.67. The number of hydrogen-bond acceptors (Lipinski definition) is 5. The summed E-state index contributed by atoms with van der Waals surface area (Å²) in [5, 5.41) is 14.4. The van der Waals surface area contributed by atoms with E-state index in [9.17, 15) is 4.79 Å². The predicted octanol–water partition coefficient (Wildman–Crippen LogP) is 1.32.